The first kappa shape index (κ1) is 23.7. The van der Waals surface area contributed by atoms with Gasteiger partial charge in [-0.1, -0.05) is 18.2 Å². The van der Waals surface area contributed by atoms with Gasteiger partial charge in [0.05, 0.1) is 30.8 Å². The minimum absolute atomic E-state index is 0.210. The average molecular weight is 489 g/mol. The van der Waals surface area contributed by atoms with Crippen molar-refractivity contribution in [1.29, 1.82) is 0 Å². The Labute approximate surface area is 203 Å². The van der Waals surface area contributed by atoms with Crippen LogP contribution in [0.1, 0.15) is 25.3 Å². The van der Waals surface area contributed by atoms with Crippen LogP contribution in [-0.2, 0) is 15.4 Å². The number of piperazine rings is 1. The predicted octanol–water partition coefficient (Wildman–Crippen LogP) is 2.25. The summed E-state index contributed by atoms with van der Waals surface area (Å²) in [5.41, 5.74) is 1.60. The normalized spacial score (nSPS) is 25.8. The zero-order chi connectivity index (χ0) is 23.7. The van der Waals surface area contributed by atoms with Crippen LogP contribution < -0.4 is 10.2 Å². The fourth-order valence-corrected chi connectivity index (χ4v) is 5.53. The third kappa shape index (κ3) is 4.59. The highest BCUT2D eigenvalue weighted by molar-refractivity contribution is 7.95. The highest BCUT2D eigenvalue weighted by Gasteiger charge is 2.41. The second-order valence-electron chi connectivity index (χ2n) is 9.15. The molecule has 1 aromatic carbocycles. The molecule has 4 aliphatic rings. The summed E-state index contributed by atoms with van der Waals surface area (Å²) in [4.78, 5) is 17.8. The molecule has 182 valence electrons. The highest BCUT2D eigenvalue weighted by Crippen LogP contribution is 2.37. The SMILES string of the molecule is CC1(N2CCN(CCCOc3cccc4c3B(O)OC4)CC2)CC=C(N2CSOC2=O)C=C1F. The number of hydrogen-bond acceptors (Lipinski definition) is 8. The number of amides is 1. The third-order valence-electron chi connectivity index (χ3n) is 7.09. The Bertz CT molecular complexity index is 1000. The van der Waals surface area contributed by atoms with Crippen LogP contribution in [0.2, 0.25) is 0 Å². The van der Waals surface area contributed by atoms with Crippen molar-refractivity contribution in [2.45, 2.75) is 31.9 Å². The van der Waals surface area contributed by atoms with Gasteiger partial charge in [0.15, 0.2) is 0 Å². The number of hydrogen-bond donors (Lipinski definition) is 1. The number of allylic oxidation sites excluding steroid dienone is 1. The summed E-state index contributed by atoms with van der Waals surface area (Å²) in [6.07, 6.45) is 4.35. The Morgan fingerprint density at radius 1 is 1.29 bits per heavy atom. The Hall–Kier alpha value is -2.05. The van der Waals surface area contributed by atoms with Gasteiger partial charge in [-0.3, -0.25) is 9.80 Å². The molecule has 1 unspecified atom stereocenters. The lowest BCUT2D eigenvalue weighted by atomic mass is 9.79. The zero-order valence-electron chi connectivity index (χ0n) is 19.2. The van der Waals surface area contributed by atoms with Gasteiger partial charge in [0.2, 0.25) is 0 Å². The van der Waals surface area contributed by atoms with Crippen LogP contribution >= 0.6 is 12.0 Å². The highest BCUT2D eigenvalue weighted by atomic mass is 32.2. The molecule has 2 saturated heterocycles. The van der Waals surface area contributed by atoms with Gasteiger partial charge in [0, 0.05) is 43.9 Å². The molecule has 3 heterocycles. The molecular weight excluding hydrogens is 460 g/mol. The number of rotatable bonds is 7. The minimum Gasteiger partial charge on any atom is -0.494 e. The van der Waals surface area contributed by atoms with Gasteiger partial charge in [0.1, 0.15) is 17.5 Å². The summed E-state index contributed by atoms with van der Waals surface area (Å²) >= 11 is 1.07. The topological polar surface area (TPSA) is 74.7 Å². The van der Waals surface area contributed by atoms with Crippen molar-refractivity contribution >= 4 is 30.7 Å². The molecule has 1 aliphatic carbocycles. The number of fused-ring (bicyclic) bond motifs is 1. The summed E-state index contributed by atoms with van der Waals surface area (Å²) < 4.78 is 31.3. The maximum atomic E-state index is 15.2. The Morgan fingerprint density at radius 3 is 2.85 bits per heavy atom. The third-order valence-corrected chi connectivity index (χ3v) is 7.71. The van der Waals surface area contributed by atoms with E-state index in [-0.39, 0.29) is 5.83 Å². The molecule has 1 N–H and O–H groups in total. The first-order chi connectivity index (χ1) is 16.5. The van der Waals surface area contributed by atoms with Crippen LogP contribution in [-0.4, -0.2) is 83.7 Å². The molecule has 0 aromatic heterocycles. The fraction of sp³-hybridized carbons (Fsp3) is 0.522. The molecule has 3 aliphatic heterocycles. The molecule has 8 nitrogen and oxygen atoms in total. The lowest BCUT2D eigenvalue weighted by Crippen LogP contribution is -2.56. The maximum absolute atomic E-state index is 15.2. The monoisotopic (exact) mass is 489 g/mol. The van der Waals surface area contributed by atoms with Crippen molar-refractivity contribution in [3.05, 3.63) is 47.4 Å². The van der Waals surface area contributed by atoms with Crippen molar-refractivity contribution in [3.8, 4) is 5.75 Å². The van der Waals surface area contributed by atoms with Crippen molar-refractivity contribution in [2.75, 3.05) is 45.2 Å². The summed E-state index contributed by atoms with van der Waals surface area (Å²) in [5.74, 6) is 0.861. The van der Waals surface area contributed by atoms with E-state index in [0.29, 0.717) is 37.0 Å². The molecule has 2 fully saturated rings. The molecule has 1 amide bonds. The van der Waals surface area contributed by atoms with Gasteiger partial charge < -0.3 is 23.5 Å². The molecule has 1 aromatic rings. The van der Waals surface area contributed by atoms with E-state index in [9.17, 15) is 9.82 Å². The summed E-state index contributed by atoms with van der Waals surface area (Å²) in [6.45, 7) is 7.08. The number of carbonyl (C=O) groups is 1. The van der Waals surface area contributed by atoms with Crippen LogP contribution in [0.3, 0.4) is 0 Å². The first-order valence-corrected chi connectivity index (χ1v) is 12.6. The van der Waals surface area contributed by atoms with Gasteiger partial charge in [-0.2, -0.15) is 0 Å². The van der Waals surface area contributed by atoms with Crippen molar-refractivity contribution < 1.29 is 27.8 Å². The second kappa shape index (κ2) is 9.90. The average Bonchev–Trinajstić information content (AvgIpc) is 3.45. The molecule has 34 heavy (non-hydrogen) atoms. The molecule has 1 atom stereocenters. The van der Waals surface area contributed by atoms with E-state index in [1.165, 1.54) is 11.0 Å². The van der Waals surface area contributed by atoms with Crippen LogP contribution in [0.15, 0.2) is 41.9 Å². The van der Waals surface area contributed by atoms with Gasteiger partial charge in [-0.05, 0) is 37.5 Å². The predicted molar refractivity (Wildman–Crippen MR) is 128 cm³/mol. The first-order valence-electron chi connectivity index (χ1n) is 11.7. The van der Waals surface area contributed by atoms with Gasteiger partial charge >= 0.3 is 13.2 Å². The molecular formula is C23H29BFN3O5S. The maximum Gasteiger partial charge on any atom is 0.495 e. The zero-order valence-corrected chi connectivity index (χ0v) is 20.1. The van der Waals surface area contributed by atoms with Crippen LogP contribution in [0, 0.1) is 0 Å². The van der Waals surface area contributed by atoms with E-state index in [0.717, 1.165) is 62.2 Å². The van der Waals surface area contributed by atoms with Crippen LogP contribution in [0.5, 0.6) is 5.75 Å². The number of ether oxygens (including phenoxy) is 1. The van der Waals surface area contributed by atoms with E-state index in [1.807, 2.05) is 31.2 Å². The quantitative estimate of drug-likeness (QED) is 0.355. The molecule has 0 bridgehead atoms. The van der Waals surface area contributed by atoms with Crippen LogP contribution in [0.4, 0.5) is 9.18 Å². The fourth-order valence-electron chi connectivity index (χ4n) is 4.93. The molecule has 11 heteroatoms. The number of nitrogens with zero attached hydrogens (tertiary/aromatic N) is 3. The Morgan fingerprint density at radius 2 is 2.12 bits per heavy atom. The minimum atomic E-state index is -0.913. The number of halogens is 1. The number of benzene rings is 1. The lowest BCUT2D eigenvalue weighted by Gasteiger charge is -2.46. The summed E-state index contributed by atoms with van der Waals surface area (Å²) in [5, 5.41) is 10.0. The van der Waals surface area contributed by atoms with E-state index in [1.54, 1.807) is 0 Å². The Kier molecular flexibility index (Phi) is 6.90. The molecule has 0 spiro atoms. The van der Waals surface area contributed by atoms with Gasteiger partial charge in [-0.15, -0.1) is 0 Å². The second-order valence-corrected chi connectivity index (χ2v) is 9.81. The van der Waals surface area contributed by atoms with E-state index in [2.05, 4.69) is 9.80 Å². The van der Waals surface area contributed by atoms with Crippen molar-refractivity contribution in [1.82, 2.24) is 14.7 Å². The van der Waals surface area contributed by atoms with Gasteiger partial charge in [-0.25, -0.2) is 9.18 Å². The molecule has 5 rings (SSSR count). The van der Waals surface area contributed by atoms with Crippen LogP contribution in [0.25, 0.3) is 0 Å². The largest absolute Gasteiger partial charge is 0.495 e. The van der Waals surface area contributed by atoms with E-state index >= 15 is 4.39 Å². The van der Waals surface area contributed by atoms with Crippen molar-refractivity contribution in [3.63, 3.8) is 0 Å². The molecule has 0 saturated carbocycles. The lowest BCUT2D eigenvalue weighted by molar-refractivity contribution is 0.0478. The van der Waals surface area contributed by atoms with E-state index in [4.69, 9.17) is 13.6 Å². The van der Waals surface area contributed by atoms with Gasteiger partial charge in [0.25, 0.3) is 0 Å². The number of carbonyl (C=O) groups excluding carboxylic acids is 1. The van der Waals surface area contributed by atoms with Crippen molar-refractivity contribution in [2.24, 2.45) is 0 Å². The smallest absolute Gasteiger partial charge is 0.494 e. The Balaban J connectivity index is 1.08. The standard InChI is InChI=1S/C23H29BFN3O5S/c1-23(7-6-18(14-20(23)25)28-16-34-33-22(28)29)27-11-9-26(10-12-27)8-3-13-31-19-5-2-4-17-15-32-24(30)21(17)19/h2,4-6,14,30H,3,7-13,15-16H2,1H3. The summed E-state index contributed by atoms with van der Waals surface area (Å²) in [7, 11) is -0.913. The van der Waals surface area contributed by atoms with E-state index < -0.39 is 18.8 Å². The summed E-state index contributed by atoms with van der Waals surface area (Å²) in [6, 6.07) is 5.73. The molecule has 0 radical (unpaired) electrons.